The number of nitrogens with zero attached hydrogens (tertiary/aromatic N) is 7. The van der Waals surface area contributed by atoms with E-state index < -0.39 is 17.9 Å². The Kier molecular flexibility index (Phi) is 8.80. The monoisotopic (exact) mass is 616 g/mol. The fourth-order valence-corrected chi connectivity index (χ4v) is 5.68. The second kappa shape index (κ2) is 12.9. The van der Waals surface area contributed by atoms with Crippen molar-refractivity contribution in [2.75, 3.05) is 56.3 Å². The molecule has 2 aromatic carbocycles. The third-order valence-electron chi connectivity index (χ3n) is 8.26. The normalized spacial score (nSPS) is 20.9. The smallest absolute Gasteiger partial charge is 0.230 e. The molecule has 3 fully saturated rings. The van der Waals surface area contributed by atoms with E-state index >= 15 is 4.39 Å². The summed E-state index contributed by atoms with van der Waals surface area (Å²) < 4.78 is 26.3. The van der Waals surface area contributed by atoms with Crippen molar-refractivity contribution in [2.45, 2.75) is 50.6 Å². The number of aromatic nitrogens is 3. The SMILES string of the molecule is CC(C)(O)CC(=O)N1CC[C@H](Oc2ccc(-c3ncnc(Nc4ccc(N5CCN(C6COC6)C5)cc4)n3)cc2C#N)[C@H](F)C1. The van der Waals surface area contributed by atoms with Crippen LogP contribution < -0.4 is 15.0 Å². The Balaban J connectivity index is 1.07. The van der Waals surface area contributed by atoms with E-state index in [1.54, 1.807) is 32.0 Å². The minimum absolute atomic E-state index is 0.0827. The van der Waals surface area contributed by atoms with Crippen molar-refractivity contribution in [3.05, 3.63) is 54.4 Å². The first-order chi connectivity index (χ1) is 21.6. The van der Waals surface area contributed by atoms with Gasteiger partial charge in [0, 0.05) is 43.0 Å². The van der Waals surface area contributed by atoms with Crippen LogP contribution in [0.1, 0.15) is 32.3 Å². The van der Waals surface area contributed by atoms with Crippen molar-refractivity contribution in [2.24, 2.45) is 0 Å². The number of halogens is 1. The quantitative estimate of drug-likeness (QED) is 0.367. The molecular formula is C32H37FN8O4. The number of carbonyl (C=O) groups is 1. The van der Waals surface area contributed by atoms with Crippen molar-refractivity contribution in [1.29, 1.82) is 5.26 Å². The minimum Gasteiger partial charge on any atom is -0.486 e. The number of ether oxygens (including phenoxy) is 2. The third kappa shape index (κ3) is 7.30. The van der Waals surface area contributed by atoms with E-state index in [1.165, 1.54) is 11.2 Å². The molecule has 12 nitrogen and oxygen atoms in total. The molecule has 3 saturated heterocycles. The number of alkyl halides is 1. The van der Waals surface area contributed by atoms with Crippen LogP contribution in [-0.2, 0) is 9.53 Å². The predicted octanol–water partition coefficient (Wildman–Crippen LogP) is 3.11. The number of piperidine rings is 1. The third-order valence-corrected chi connectivity index (χ3v) is 8.26. The van der Waals surface area contributed by atoms with Gasteiger partial charge in [0.05, 0.1) is 50.1 Å². The second-order valence-corrected chi connectivity index (χ2v) is 12.3. The molecular weight excluding hydrogens is 579 g/mol. The minimum atomic E-state index is -1.44. The molecule has 13 heteroatoms. The number of amides is 1. The Hall–Kier alpha value is -4.38. The van der Waals surface area contributed by atoms with Gasteiger partial charge in [0.2, 0.25) is 11.9 Å². The summed E-state index contributed by atoms with van der Waals surface area (Å²) in [6, 6.07) is 15.7. The molecule has 0 aliphatic carbocycles. The summed E-state index contributed by atoms with van der Waals surface area (Å²) in [4.78, 5) is 31.7. The lowest BCUT2D eigenvalue weighted by Crippen LogP contribution is -2.50. The first-order valence-electron chi connectivity index (χ1n) is 15.1. The molecule has 3 aliphatic heterocycles. The topological polar surface area (TPSA) is 140 Å². The second-order valence-electron chi connectivity index (χ2n) is 12.3. The highest BCUT2D eigenvalue weighted by atomic mass is 19.1. The highest BCUT2D eigenvalue weighted by molar-refractivity contribution is 5.77. The van der Waals surface area contributed by atoms with Gasteiger partial charge in [0.1, 0.15) is 24.3 Å². The number of hydrogen-bond acceptors (Lipinski definition) is 11. The largest absolute Gasteiger partial charge is 0.486 e. The van der Waals surface area contributed by atoms with Crippen LogP contribution >= 0.6 is 0 Å². The lowest BCUT2D eigenvalue weighted by molar-refractivity contribution is -0.139. The van der Waals surface area contributed by atoms with Crippen LogP contribution in [0.5, 0.6) is 5.75 Å². The average molecular weight is 617 g/mol. The molecule has 0 saturated carbocycles. The molecule has 3 aliphatic rings. The van der Waals surface area contributed by atoms with Crippen LogP contribution in [0.15, 0.2) is 48.8 Å². The predicted molar refractivity (Wildman–Crippen MR) is 165 cm³/mol. The summed E-state index contributed by atoms with van der Waals surface area (Å²) in [6.07, 6.45) is -0.661. The van der Waals surface area contributed by atoms with Crippen molar-refractivity contribution in [3.63, 3.8) is 0 Å². The summed E-state index contributed by atoms with van der Waals surface area (Å²) in [5, 5.41) is 23.0. The Bertz CT molecular complexity index is 1560. The lowest BCUT2D eigenvalue weighted by atomic mass is 10.0. The van der Waals surface area contributed by atoms with Crippen LogP contribution in [0.4, 0.5) is 21.7 Å². The first kappa shape index (κ1) is 30.6. The van der Waals surface area contributed by atoms with Gasteiger partial charge in [-0.1, -0.05) is 0 Å². The van der Waals surface area contributed by atoms with Crippen LogP contribution in [0.25, 0.3) is 11.4 Å². The Morgan fingerprint density at radius 2 is 1.98 bits per heavy atom. The zero-order chi connectivity index (χ0) is 31.6. The van der Waals surface area contributed by atoms with E-state index in [0.29, 0.717) is 29.9 Å². The lowest BCUT2D eigenvalue weighted by Gasteiger charge is -2.35. The maximum absolute atomic E-state index is 15.0. The van der Waals surface area contributed by atoms with Crippen molar-refractivity contribution >= 4 is 23.2 Å². The molecule has 45 heavy (non-hydrogen) atoms. The zero-order valence-corrected chi connectivity index (χ0v) is 25.4. The summed E-state index contributed by atoms with van der Waals surface area (Å²) in [5.74, 6) is 0.670. The Morgan fingerprint density at radius 3 is 2.67 bits per heavy atom. The van der Waals surface area contributed by atoms with Crippen molar-refractivity contribution in [1.82, 2.24) is 24.8 Å². The standard InChI is InChI=1S/C32H37FN8O4/c1-32(2,43)14-29(42)39-10-9-28(26(33)16-39)45-27-8-3-21(13-22(27)15-34)30-35-19-36-31(38-30)37-23-4-6-24(7-5-23)40-11-12-41(20-40)25-17-44-18-25/h3-8,13,19,25-26,28,43H,9-12,14,16-18,20H2,1-2H3,(H,35,36,37,38)/t26-,28+/m1/s1. The molecule has 2 N–H and O–H groups in total. The average Bonchev–Trinajstić information content (AvgIpc) is 3.46. The number of aliphatic hydroxyl groups is 1. The van der Waals surface area contributed by atoms with E-state index in [0.717, 1.165) is 44.3 Å². The van der Waals surface area contributed by atoms with E-state index in [1.807, 2.05) is 12.1 Å². The van der Waals surface area contributed by atoms with E-state index in [-0.39, 0.29) is 36.6 Å². The Labute approximate surface area is 261 Å². The molecule has 3 aromatic rings. The van der Waals surface area contributed by atoms with Gasteiger partial charge in [-0.25, -0.2) is 14.4 Å². The van der Waals surface area contributed by atoms with E-state index in [4.69, 9.17) is 9.47 Å². The number of nitriles is 1. The van der Waals surface area contributed by atoms with Crippen LogP contribution in [-0.4, -0.2) is 106 Å². The number of nitrogens with one attached hydrogen (secondary N) is 1. The molecule has 1 aromatic heterocycles. The van der Waals surface area contributed by atoms with Crippen molar-refractivity contribution < 1.29 is 23.8 Å². The number of hydrogen-bond donors (Lipinski definition) is 2. The van der Waals surface area contributed by atoms with Gasteiger partial charge >= 0.3 is 0 Å². The number of benzene rings is 2. The van der Waals surface area contributed by atoms with Gasteiger partial charge in [-0.15, -0.1) is 0 Å². The zero-order valence-electron chi connectivity index (χ0n) is 25.4. The number of anilines is 3. The highest BCUT2D eigenvalue weighted by Crippen LogP contribution is 2.29. The maximum Gasteiger partial charge on any atom is 0.230 e. The first-order valence-corrected chi connectivity index (χ1v) is 15.1. The van der Waals surface area contributed by atoms with Crippen LogP contribution in [0.3, 0.4) is 0 Å². The molecule has 0 spiro atoms. The van der Waals surface area contributed by atoms with Gasteiger partial charge in [-0.3, -0.25) is 9.69 Å². The van der Waals surface area contributed by atoms with Crippen LogP contribution in [0.2, 0.25) is 0 Å². The number of likely N-dealkylation sites (tertiary alicyclic amines) is 1. The Morgan fingerprint density at radius 1 is 1.18 bits per heavy atom. The number of rotatable bonds is 9. The molecule has 236 valence electrons. The fourth-order valence-electron chi connectivity index (χ4n) is 5.68. The van der Waals surface area contributed by atoms with Gasteiger partial charge in [0.15, 0.2) is 12.0 Å². The summed E-state index contributed by atoms with van der Waals surface area (Å²) in [6.45, 7) is 7.80. The van der Waals surface area contributed by atoms with Crippen molar-refractivity contribution in [3.8, 4) is 23.2 Å². The molecule has 2 atom stereocenters. The molecule has 0 bridgehead atoms. The number of carbonyl (C=O) groups excluding carboxylic acids is 1. The van der Waals surface area contributed by atoms with Gasteiger partial charge in [0.25, 0.3) is 0 Å². The van der Waals surface area contributed by atoms with E-state index in [9.17, 15) is 15.2 Å². The summed E-state index contributed by atoms with van der Waals surface area (Å²) >= 11 is 0. The molecule has 0 radical (unpaired) electrons. The fraction of sp³-hybridized carbons (Fsp3) is 0.469. The molecule has 1 amide bonds. The van der Waals surface area contributed by atoms with Gasteiger partial charge in [-0.05, 0) is 56.3 Å². The van der Waals surface area contributed by atoms with Crippen LogP contribution in [0, 0.1) is 11.3 Å². The maximum atomic E-state index is 15.0. The molecule has 6 rings (SSSR count). The van der Waals surface area contributed by atoms with Gasteiger partial charge in [-0.2, -0.15) is 10.2 Å². The molecule has 0 unspecified atom stereocenters. The van der Waals surface area contributed by atoms with Gasteiger partial charge < -0.3 is 29.7 Å². The summed E-state index contributed by atoms with van der Waals surface area (Å²) in [7, 11) is 0. The van der Waals surface area contributed by atoms with E-state index in [2.05, 4.69) is 48.3 Å². The summed E-state index contributed by atoms with van der Waals surface area (Å²) in [5.41, 5.74) is 1.61. The highest BCUT2D eigenvalue weighted by Gasteiger charge is 2.35. The molecule has 4 heterocycles.